The number of imidazole rings is 1. The van der Waals surface area contributed by atoms with Gasteiger partial charge in [0.25, 0.3) is 0 Å². The van der Waals surface area contributed by atoms with Crippen LogP contribution in [0.25, 0.3) is 11.2 Å². The molecule has 1 aliphatic carbocycles. The molecule has 1 aromatic carbocycles. The lowest BCUT2D eigenvalue weighted by molar-refractivity contribution is -0.136. The van der Waals surface area contributed by atoms with E-state index >= 15 is 0 Å². The highest BCUT2D eigenvalue weighted by Gasteiger charge is 2.35. The van der Waals surface area contributed by atoms with Crippen LogP contribution in [0.1, 0.15) is 67.5 Å². The van der Waals surface area contributed by atoms with Gasteiger partial charge in [-0.25, -0.2) is 4.79 Å². The maximum Gasteiger partial charge on any atom is 0.418 e. The number of halogens is 3. The summed E-state index contributed by atoms with van der Waals surface area (Å²) in [6.07, 6.45) is 5.44. The van der Waals surface area contributed by atoms with Crippen molar-refractivity contribution >= 4 is 5.52 Å². The summed E-state index contributed by atoms with van der Waals surface area (Å²) >= 11 is 0. The number of hydrogen-bond donors (Lipinski definition) is 0. The van der Waals surface area contributed by atoms with E-state index in [9.17, 15) is 18.0 Å². The molecule has 0 unspecified atom stereocenters. The van der Waals surface area contributed by atoms with E-state index in [0.717, 1.165) is 61.0 Å². The van der Waals surface area contributed by atoms with E-state index in [1.807, 2.05) is 29.8 Å². The Morgan fingerprint density at radius 1 is 1.10 bits per heavy atom. The lowest BCUT2D eigenvalue weighted by atomic mass is 9.72. The zero-order chi connectivity index (χ0) is 27.3. The fourth-order valence-electron chi connectivity index (χ4n) is 6.28. The van der Waals surface area contributed by atoms with E-state index in [1.54, 1.807) is 18.6 Å². The monoisotopic (exact) mass is 538 g/mol. The number of nitrogens with zero attached hydrogens (tertiary/aromatic N) is 6. The molecule has 7 nitrogen and oxygen atoms in total. The van der Waals surface area contributed by atoms with E-state index in [2.05, 4.69) is 22.0 Å². The van der Waals surface area contributed by atoms with Gasteiger partial charge in [0.2, 0.25) is 0 Å². The molecule has 0 radical (unpaired) electrons. The highest BCUT2D eigenvalue weighted by Crippen LogP contribution is 2.43. The van der Waals surface area contributed by atoms with Crippen molar-refractivity contribution in [3.8, 4) is 5.69 Å². The van der Waals surface area contributed by atoms with Gasteiger partial charge in [-0.2, -0.15) is 13.2 Å². The topological polar surface area (TPSA) is 60.4 Å². The van der Waals surface area contributed by atoms with Crippen molar-refractivity contribution in [2.45, 2.75) is 57.7 Å². The average Bonchev–Trinajstić information content (AvgIpc) is 3.43. The number of rotatable bonds is 6. The predicted molar refractivity (Wildman–Crippen MR) is 142 cm³/mol. The molecule has 206 valence electrons. The standard InChI is InChI=1S/C29H33F3N6O/c1-19-6-5-11-36(14-19)15-20-12-24(29(30,31)32)25-17-37(28(39)38(25)16-20)23-10-4-9-22(13-23)26(21-7-3-8-21)27-34-33-18-35(27)2/h4,9-10,12-13,16-19,21,26H,3,5-8,11,14-15H2,1-2H3/t19-,26+/m0/s1. The quantitative estimate of drug-likeness (QED) is 0.330. The molecule has 3 aromatic heterocycles. The molecule has 6 rings (SSSR count). The Morgan fingerprint density at radius 3 is 2.59 bits per heavy atom. The van der Waals surface area contributed by atoms with Crippen LogP contribution in [0.15, 0.2) is 53.8 Å². The molecular formula is C29H33F3N6O. The molecular weight excluding hydrogens is 505 g/mol. The molecule has 1 saturated heterocycles. The van der Waals surface area contributed by atoms with Gasteiger partial charge < -0.3 is 4.57 Å². The first-order chi connectivity index (χ1) is 18.7. The van der Waals surface area contributed by atoms with Gasteiger partial charge in [0, 0.05) is 38.4 Å². The minimum absolute atomic E-state index is 0.00297. The number of pyridine rings is 1. The Labute approximate surface area is 224 Å². The number of aromatic nitrogens is 5. The number of fused-ring (bicyclic) bond motifs is 1. The van der Waals surface area contributed by atoms with Crippen LogP contribution in [0.5, 0.6) is 0 Å². The van der Waals surface area contributed by atoms with Crippen LogP contribution in [-0.2, 0) is 19.8 Å². The Morgan fingerprint density at radius 2 is 1.92 bits per heavy atom. The van der Waals surface area contributed by atoms with Gasteiger partial charge in [0.15, 0.2) is 0 Å². The molecule has 2 fully saturated rings. The van der Waals surface area contributed by atoms with E-state index in [0.29, 0.717) is 29.6 Å². The van der Waals surface area contributed by atoms with Crippen molar-refractivity contribution in [2.75, 3.05) is 13.1 Å². The molecule has 2 aliphatic rings. The van der Waals surface area contributed by atoms with E-state index in [-0.39, 0.29) is 11.4 Å². The van der Waals surface area contributed by atoms with Crippen LogP contribution in [0.4, 0.5) is 13.2 Å². The SMILES string of the molecule is C[C@H]1CCCN(Cc2cc(C(F)(F)F)c3cn(-c4cccc([C@H](c5nncn5C)C5CCC5)c4)c(=O)n3c2)C1. The summed E-state index contributed by atoms with van der Waals surface area (Å²) in [6, 6.07) is 8.73. The van der Waals surface area contributed by atoms with Gasteiger partial charge in [-0.3, -0.25) is 13.9 Å². The predicted octanol–water partition coefficient (Wildman–Crippen LogP) is 5.40. The second kappa shape index (κ2) is 9.97. The Kier molecular flexibility index (Phi) is 6.61. The van der Waals surface area contributed by atoms with Crippen LogP contribution in [-0.4, -0.2) is 41.7 Å². The van der Waals surface area contributed by atoms with Crippen LogP contribution in [0, 0.1) is 11.8 Å². The van der Waals surface area contributed by atoms with Crippen molar-refractivity contribution in [1.82, 2.24) is 28.6 Å². The fraction of sp³-hybridized carbons (Fsp3) is 0.483. The molecule has 2 atom stereocenters. The normalized spacial score (nSPS) is 19.9. The zero-order valence-electron chi connectivity index (χ0n) is 22.2. The second-order valence-corrected chi connectivity index (χ2v) is 11.3. The van der Waals surface area contributed by atoms with E-state index in [1.165, 1.54) is 16.8 Å². The number of likely N-dealkylation sites (tertiary alicyclic amines) is 1. The molecule has 1 aliphatic heterocycles. The number of piperidine rings is 1. The maximum atomic E-state index is 14.2. The van der Waals surface area contributed by atoms with Crippen LogP contribution >= 0.6 is 0 Å². The largest absolute Gasteiger partial charge is 0.418 e. The molecule has 4 heterocycles. The maximum absolute atomic E-state index is 14.2. The number of aryl methyl sites for hydroxylation is 1. The van der Waals surface area contributed by atoms with Gasteiger partial charge in [-0.15, -0.1) is 10.2 Å². The Balaban J connectivity index is 1.42. The highest BCUT2D eigenvalue weighted by molar-refractivity contribution is 5.58. The number of alkyl halides is 3. The first kappa shape index (κ1) is 25.9. The van der Waals surface area contributed by atoms with Gasteiger partial charge in [0.1, 0.15) is 12.2 Å². The molecule has 1 saturated carbocycles. The van der Waals surface area contributed by atoms with Crippen molar-refractivity contribution in [3.63, 3.8) is 0 Å². The van der Waals surface area contributed by atoms with Gasteiger partial charge in [0.05, 0.1) is 16.8 Å². The molecule has 0 bridgehead atoms. The molecule has 0 spiro atoms. The van der Waals surface area contributed by atoms with Crippen LogP contribution < -0.4 is 5.69 Å². The van der Waals surface area contributed by atoms with Crippen molar-refractivity contribution < 1.29 is 13.2 Å². The van der Waals surface area contributed by atoms with Gasteiger partial charge >= 0.3 is 11.9 Å². The summed E-state index contributed by atoms with van der Waals surface area (Å²) in [4.78, 5) is 15.8. The molecule has 0 N–H and O–H groups in total. The second-order valence-electron chi connectivity index (χ2n) is 11.3. The van der Waals surface area contributed by atoms with Crippen LogP contribution in [0.2, 0.25) is 0 Å². The molecule has 4 aromatic rings. The molecule has 0 amide bonds. The van der Waals surface area contributed by atoms with E-state index < -0.39 is 17.4 Å². The third-order valence-electron chi connectivity index (χ3n) is 8.43. The third-order valence-corrected chi connectivity index (χ3v) is 8.43. The lowest BCUT2D eigenvalue weighted by Crippen LogP contribution is -2.34. The smallest absolute Gasteiger partial charge is 0.320 e. The van der Waals surface area contributed by atoms with Crippen LogP contribution in [0.3, 0.4) is 0 Å². The summed E-state index contributed by atoms with van der Waals surface area (Å²) in [7, 11) is 1.91. The number of benzene rings is 1. The Hall–Kier alpha value is -3.40. The van der Waals surface area contributed by atoms with E-state index in [4.69, 9.17) is 0 Å². The highest BCUT2D eigenvalue weighted by atomic mass is 19.4. The molecule has 39 heavy (non-hydrogen) atoms. The summed E-state index contributed by atoms with van der Waals surface area (Å²) in [5, 5.41) is 8.43. The third kappa shape index (κ3) is 4.90. The number of hydrogen-bond acceptors (Lipinski definition) is 4. The summed E-state index contributed by atoms with van der Waals surface area (Å²) in [5.74, 6) is 1.77. The zero-order valence-corrected chi connectivity index (χ0v) is 22.2. The average molecular weight is 539 g/mol. The summed E-state index contributed by atoms with van der Waals surface area (Å²) < 4.78 is 47.1. The van der Waals surface area contributed by atoms with Gasteiger partial charge in [-0.1, -0.05) is 25.5 Å². The van der Waals surface area contributed by atoms with Crippen molar-refractivity contribution in [2.24, 2.45) is 18.9 Å². The minimum atomic E-state index is -4.59. The van der Waals surface area contributed by atoms with Crippen molar-refractivity contribution in [3.05, 3.63) is 82.1 Å². The molecule has 10 heteroatoms. The fourth-order valence-corrected chi connectivity index (χ4v) is 6.28. The summed E-state index contributed by atoms with van der Waals surface area (Å²) in [5.41, 5.74) is 0.560. The summed E-state index contributed by atoms with van der Waals surface area (Å²) in [6.45, 7) is 4.24. The minimum Gasteiger partial charge on any atom is -0.320 e. The Bertz CT molecular complexity index is 1550. The first-order valence-electron chi connectivity index (χ1n) is 13.7. The lowest BCUT2D eigenvalue weighted by Gasteiger charge is -2.33. The van der Waals surface area contributed by atoms with Gasteiger partial charge in [-0.05, 0) is 73.4 Å². The van der Waals surface area contributed by atoms with Crippen molar-refractivity contribution in [1.29, 1.82) is 0 Å². The first-order valence-corrected chi connectivity index (χ1v) is 13.7.